The normalized spacial score (nSPS) is 23.6. The van der Waals surface area contributed by atoms with Gasteiger partial charge in [0.15, 0.2) is 15.0 Å². The summed E-state index contributed by atoms with van der Waals surface area (Å²) in [6.45, 7) is 1.97. The lowest BCUT2D eigenvalue weighted by Gasteiger charge is -2.26. The second-order valence-electron chi connectivity index (χ2n) is 7.44. The largest absolute Gasteiger partial charge is 0.495 e. The van der Waals surface area contributed by atoms with E-state index in [1.807, 2.05) is 31.2 Å². The van der Waals surface area contributed by atoms with Crippen LogP contribution in [0, 0.1) is 6.92 Å². The molecule has 2 aliphatic heterocycles. The lowest BCUT2D eigenvalue weighted by atomic mass is 10.1. The molecule has 9 heteroatoms. The molecule has 4 rings (SSSR count). The molecule has 2 fully saturated rings. The van der Waals surface area contributed by atoms with Gasteiger partial charge in [-0.05, 0) is 30.7 Å². The summed E-state index contributed by atoms with van der Waals surface area (Å²) in [7, 11) is -1.62. The Labute approximate surface area is 185 Å². The number of sulfone groups is 1. The van der Waals surface area contributed by atoms with E-state index in [0.29, 0.717) is 21.6 Å². The second kappa shape index (κ2) is 8.24. The highest BCUT2D eigenvalue weighted by Gasteiger charge is 2.50. The zero-order valence-corrected chi connectivity index (χ0v) is 18.9. The monoisotopic (exact) mass is 464 g/mol. The van der Waals surface area contributed by atoms with Crippen molar-refractivity contribution < 1.29 is 17.9 Å². The maximum absolute atomic E-state index is 12.7. The van der Waals surface area contributed by atoms with E-state index in [2.05, 4.69) is 4.99 Å². The van der Waals surface area contributed by atoms with Crippen LogP contribution in [-0.2, 0) is 21.1 Å². The van der Waals surface area contributed by atoms with Crippen molar-refractivity contribution in [3.05, 3.63) is 58.6 Å². The van der Waals surface area contributed by atoms with Crippen LogP contribution in [-0.4, -0.2) is 49.4 Å². The van der Waals surface area contributed by atoms with Crippen molar-refractivity contribution in [1.29, 1.82) is 0 Å². The summed E-state index contributed by atoms with van der Waals surface area (Å²) in [5.74, 6) is 0.332. The molecular formula is C21H21ClN2O4S2. The number of hydrogen-bond acceptors (Lipinski definition) is 5. The fourth-order valence-corrected chi connectivity index (χ4v) is 7.93. The number of methoxy groups -OCH3 is 1. The van der Waals surface area contributed by atoms with Gasteiger partial charge in [-0.2, -0.15) is 4.99 Å². The fourth-order valence-electron chi connectivity index (χ4n) is 3.84. The summed E-state index contributed by atoms with van der Waals surface area (Å²) in [4.78, 5) is 18.9. The topological polar surface area (TPSA) is 76.0 Å². The first-order valence-electron chi connectivity index (χ1n) is 9.42. The van der Waals surface area contributed by atoms with Crippen molar-refractivity contribution >= 4 is 50.0 Å². The number of fused-ring (bicyclic) bond motifs is 1. The molecule has 0 saturated carbocycles. The summed E-state index contributed by atoms with van der Waals surface area (Å²) in [5.41, 5.74) is 2.58. The molecule has 0 N–H and O–H groups in total. The number of aliphatic imine (C=N–C) groups is 1. The molecule has 0 aliphatic carbocycles. The predicted octanol–water partition coefficient (Wildman–Crippen LogP) is 3.50. The van der Waals surface area contributed by atoms with Crippen molar-refractivity contribution in [3.8, 4) is 5.75 Å². The Morgan fingerprint density at radius 3 is 2.80 bits per heavy atom. The Morgan fingerprint density at radius 1 is 1.27 bits per heavy atom. The zero-order chi connectivity index (χ0) is 21.5. The summed E-state index contributed by atoms with van der Waals surface area (Å²) in [6, 6.07) is 12.6. The number of rotatable bonds is 4. The minimum Gasteiger partial charge on any atom is -0.495 e. The van der Waals surface area contributed by atoms with E-state index in [4.69, 9.17) is 16.3 Å². The number of hydrogen-bond donors (Lipinski definition) is 0. The summed E-state index contributed by atoms with van der Waals surface area (Å²) < 4.78 is 30.0. The van der Waals surface area contributed by atoms with Crippen LogP contribution >= 0.6 is 23.4 Å². The molecule has 0 aromatic heterocycles. The number of carbonyl (C=O) groups is 1. The van der Waals surface area contributed by atoms with Gasteiger partial charge < -0.3 is 9.64 Å². The van der Waals surface area contributed by atoms with E-state index in [1.165, 1.54) is 11.8 Å². The van der Waals surface area contributed by atoms with Crippen LogP contribution < -0.4 is 9.64 Å². The molecule has 2 heterocycles. The molecule has 158 valence electrons. The van der Waals surface area contributed by atoms with E-state index in [0.717, 1.165) is 11.1 Å². The van der Waals surface area contributed by atoms with Gasteiger partial charge in [0.25, 0.3) is 5.91 Å². The second-order valence-corrected chi connectivity index (χ2v) is 11.2. The molecular weight excluding hydrogens is 444 g/mol. The lowest BCUT2D eigenvalue weighted by Crippen LogP contribution is -2.38. The minimum atomic E-state index is -3.16. The molecule has 30 heavy (non-hydrogen) atoms. The molecule has 1 amide bonds. The summed E-state index contributed by atoms with van der Waals surface area (Å²) in [5, 5.41) is 0.785. The Morgan fingerprint density at radius 2 is 2.07 bits per heavy atom. The molecule has 6 nitrogen and oxygen atoms in total. The zero-order valence-electron chi connectivity index (χ0n) is 16.5. The first kappa shape index (κ1) is 21.2. The Balaban J connectivity index is 1.70. The molecule has 2 aromatic rings. The van der Waals surface area contributed by atoms with Gasteiger partial charge in [0.1, 0.15) is 5.75 Å². The number of nitrogens with zero attached hydrogens (tertiary/aromatic N) is 2. The highest BCUT2D eigenvalue weighted by molar-refractivity contribution is 8.16. The Bertz CT molecular complexity index is 1130. The highest BCUT2D eigenvalue weighted by Crippen LogP contribution is 2.44. The standard InChI is InChI=1S/C21H21ClN2O4S2/c1-13-4-3-5-14(8-13)9-20(25)23-21-24(16-10-15(22)6-7-18(16)28-2)17-11-30(26,27)12-19(17)29-21/h3-8,10,17,19H,9,11-12H2,1-2H3/t17-,19-/m0/s1. The van der Waals surface area contributed by atoms with Crippen molar-refractivity contribution in [1.82, 2.24) is 0 Å². The third kappa shape index (κ3) is 4.36. The number of carbonyl (C=O) groups excluding carboxylic acids is 1. The number of ether oxygens (including phenoxy) is 1. The fraction of sp³-hybridized carbons (Fsp3) is 0.333. The van der Waals surface area contributed by atoms with Crippen LogP contribution in [0.3, 0.4) is 0 Å². The van der Waals surface area contributed by atoms with Gasteiger partial charge in [0.2, 0.25) is 0 Å². The van der Waals surface area contributed by atoms with E-state index >= 15 is 0 Å². The number of amides is 1. The van der Waals surface area contributed by atoms with Crippen LogP contribution in [0.2, 0.25) is 5.02 Å². The average molecular weight is 465 g/mol. The highest BCUT2D eigenvalue weighted by atomic mass is 35.5. The van der Waals surface area contributed by atoms with Crippen LogP contribution in [0.15, 0.2) is 47.5 Å². The van der Waals surface area contributed by atoms with Crippen molar-refractivity contribution in [3.63, 3.8) is 0 Å². The Kier molecular flexibility index (Phi) is 5.83. The van der Waals surface area contributed by atoms with Gasteiger partial charge in [-0.25, -0.2) is 8.42 Å². The third-order valence-electron chi connectivity index (χ3n) is 5.13. The quantitative estimate of drug-likeness (QED) is 0.689. The maximum Gasteiger partial charge on any atom is 0.252 e. The van der Waals surface area contributed by atoms with Gasteiger partial charge in [0, 0.05) is 10.3 Å². The van der Waals surface area contributed by atoms with Gasteiger partial charge in [-0.3, -0.25) is 4.79 Å². The first-order chi connectivity index (χ1) is 14.3. The minimum absolute atomic E-state index is 0.00538. The van der Waals surface area contributed by atoms with Crippen LogP contribution in [0.5, 0.6) is 5.75 Å². The van der Waals surface area contributed by atoms with Gasteiger partial charge >= 0.3 is 0 Å². The maximum atomic E-state index is 12.7. The molecule has 2 atom stereocenters. The number of halogens is 1. The van der Waals surface area contributed by atoms with E-state index in [-0.39, 0.29) is 35.1 Å². The molecule has 2 aliphatic rings. The van der Waals surface area contributed by atoms with E-state index < -0.39 is 9.84 Å². The molecule has 0 spiro atoms. The molecule has 0 unspecified atom stereocenters. The summed E-state index contributed by atoms with van der Waals surface area (Å²) >= 11 is 7.54. The smallest absolute Gasteiger partial charge is 0.252 e. The number of anilines is 1. The first-order valence-corrected chi connectivity index (χ1v) is 12.5. The third-order valence-corrected chi connectivity index (χ3v) is 8.57. The number of benzene rings is 2. The average Bonchev–Trinajstić information content (AvgIpc) is 3.12. The Hall–Kier alpha value is -2.03. The molecule has 2 saturated heterocycles. The van der Waals surface area contributed by atoms with Crippen LogP contribution in [0.1, 0.15) is 11.1 Å². The summed E-state index contributed by atoms with van der Waals surface area (Å²) in [6.07, 6.45) is 0.180. The molecule has 0 bridgehead atoms. The van der Waals surface area contributed by atoms with E-state index in [9.17, 15) is 13.2 Å². The number of thioether (sulfide) groups is 1. The van der Waals surface area contributed by atoms with Gasteiger partial charge in [0.05, 0.1) is 36.8 Å². The van der Waals surface area contributed by atoms with Crippen LogP contribution in [0.4, 0.5) is 5.69 Å². The lowest BCUT2D eigenvalue weighted by molar-refractivity contribution is -0.117. The van der Waals surface area contributed by atoms with Gasteiger partial charge in [-0.1, -0.05) is 53.2 Å². The van der Waals surface area contributed by atoms with Crippen LogP contribution in [0.25, 0.3) is 0 Å². The van der Waals surface area contributed by atoms with E-state index in [1.54, 1.807) is 30.2 Å². The number of amidine groups is 1. The van der Waals surface area contributed by atoms with Gasteiger partial charge in [-0.15, -0.1) is 0 Å². The predicted molar refractivity (Wildman–Crippen MR) is 122 cm³/mol. The molecule has 2 aromatic carbocycles. The van der Waals surface area contributed by atoms with Crippen molar-refractivity contribution in [2.45, 2.75) is 24.6 Å². The molecule has 0 radical (unpaired) electrons. The van der Waals surface area contributed by atoms with Crippen molar-refractivity contribution in [2.75, 3.05) is 23.5 Å². The van der Waals surface area contributed by atoms with Crippen molar-refractivity contribution in [2.24, 2.45) is 4.99 Å². The number of aryl methyl sites for hydroxylation is 1. The SMILES string of the molecule is COc1ccc(Cl)cc1N1C(=NC(=O)Cc2cccc(C)c2)S[C@H]2CS(=O)(=O)C[C@@H]21.